The Balaban J connectivity index is 3.07. The summed E-state index contributed by atoms with van der Waals surface area (Å²) in [5.74, 6) is 0.0216. The molecule has 0 aliphatic carbocycles. The van der Waals surface area contributed by atoms with Gasteiger partial charge in [-0.1, -0.05) is 6.58 Å². The van der Waals surface area contributed by atoms with Gasteiger partial charge in [-0.05, 0) is 24.3 Å². The van der Waals surface area contributed by atoms with E-state index in [0.717, 1.165) is 0 Å². The van der Waals surface area contributed by atoms with Crippen molar-refractivity contribution in [3.05, 3.63) is 36.4 Å². The summed E-state index contributed by atoms with van der Waals surface area (Å²) in [6.07, 6.45) is 2.70. The summed E-state index contributed by atoms with van der Waals surface area (Å²) in [5, 5.41) is 8.26. The van der Waals surface area contributed by atoms with E-state index in [1.807, 2.05) is 0 Å². The molecule has 0 spiro atoms. The quantitative estimate of drug-likeness (QED) is 0.337. The van der Waals surface area contributed by atoms with Gasteiger partial charge >= 0.3 is 0 Å². The van der Waals surface area contributed by atoms with Gasteiger partial charge in [-0.2, -0.15) is 0 Å². The maximum absolute atomic E-state index is 11.2. The van der Waals surface area contributed by atoms with E-state index in [1.165, 1.54) is 30.5 Å². The average molecular weight is 188 g/mol. The second-order valence-corrected chi connectivity index (χ2v) is 2.51. The minimum Gasteiger partial charge on any atom is -0.396 e. The fourth-order valence-corrected chi connectivity index (χ4v) is 0.962. The number of hydrogen-bond acceptors (Lipinski definition) is 4. The fourth-order valence-electron chi connectivity index (χ4n) is 0.962. The zero-order valence-corrected chi connectivity index (χ0v) is 7.36. The van der Waals surface area contributed by atoms with Crippen molar-refractivity contribution in [3.63, 3.8) is 0 Å². The molecular formula is C10H8N2O2. The molecule has 1 rings (SSSR count). The highest BCUT2D eigenvalue weighted by molar-refractivity contribution is 6.04. The molecule has 0 aliphatic heterocycles. The van der Waals surface area contributed by atoms with Crippen molar-refractivity contribution >= 4 is 11.5 Å². The third-order valence-corrected chi connectivity index (χ3v) is 1.64. The lowest BCUT2D eigenvalue weighted by molar-refractivity contribution is 0.104. The van der Waals surface area contributed by atoms with Gasteiger partial charge in [-0.25, -0.2) is 0 Å². The number of allylic oxidation sites excluding steroid dienone is 1. The van der Waals surface area contributed by atoms with Crippen LogP contribution in [0.25, 0.3) is 0 Å². The van der Waals surface area contributed by atoms with E-state index in [1.54, 1.807) is 0 Å². The number of nitrogens with two attached hydrogens (primary N) is 1. The first-order chi connectivity index (χ1) is 6.69. The minimum absolute atomic E-state index is 0.222. The molecule has 0 fully saturated rings. The molecule has 0 aliphatic rings. The van der Waals surface area contributed by atoms with Gasteiger partial charge < -0.3 is 10.5 Å². The Labute approximate surface area is 81.2 Å². The third kappa shape index (κ3) is 1.90. The van der Waals surface area contributed by atoms with Crippen LogP contribution in [0.4, 0.5) is 5.69 Å². The van der Waals surface area contributed by atoms with Crippen LogP contribution in [0.1, 0.15) is 10.4 Å². The molecule has 0 heterocycles. The summed E-state index contributed by atoms with van der Waals surface area (Å²) in [6.45, 7) is 3.35. The monoisotopic (exact) mass is 188 g/mol. The lowest BCUT2D eigenvalue weighted by Crippen LogP contribution is -1.97. The van der Waals surface area contributed by atoms with Crippen LogP contribution < -0.4 is 10.5 Å². The number of carbonyl (C=O) groups is 1. The summed E-state index contributed by atoms with van der Waals surface area (Å²) >= 11 is 0. The van der Waals surface area contributed by atoms with Crippen LogP contribution in [0.3, 0.4) is 0 Å². The molecule has 0 saturated carbocycles. The fraction of sp³-hybridized carbons (Fsp3) is 0. The number of nitrogens with zero attached hydrogens (tertiary/aromatic N) is 1. The number of rotatable bonds is 3. The van der Waals surface area contributed by atoms with Crippen LogP contribution in [-0.2, 0) is 0 Å². The predicted octanol–water partition coefficient (Wildman–Crippen LogP) is 1.50. The molecular weight excluding hydrogens is 180 g/mol. The number of carbonyl (C=O) groups excluding carboxylic acids is 1. The summed E-state index contributed by atoms with van der Waals surface area (Å²) < 4.78 is 4.55. The van der Waals surface area contributed by atoms with Crippen molar-refractivity contribution < 1.29 is 9.53 Å². The molecule has 4 nitrogen and oxygen atoms in total. The number of hydrogen-bond donors (Lipinski definition) is 1. The van der Waals surface area contributed by atoms with Gasteiger partial charge in [0.2, 0.25) is 0 Å². The zero-order chi connectivity index (χ0) is 10.6. The standard InChI is InChI=1S/C10H8N2O2/c1-2-9(13)7-3-4-10(14-6-11)8(12)5-7/h2-5H,1,12H2. The molecule has 0 aromatic heterocycles. The number of nitriles is 1. The number of anilines is 1. The van der Waals surface area contributed by atoms with E-state index in [2.05, 4.69) is 11.3 Å². The Hall–Kier alpha value is -2.28. The van der Waals surface area contributed by atoms with Crippen LogP contribution in [0.5, 0.6) is 5.75 Å². The summed E-state index contributed by atoms with van der Waals surface area (Å²) in [6, 6.07) is 4.43. The van der Waals surface area contributed by atoms with Gasteiger partial charge in [-0.3, -0.25) is 4.79 Å². The maximum Gasteiger partial charge on any atom is 0.292 e. The molecule has 70 valence electrons. The first-order valence-corrected chi connectivity index (χ1v) is 3.81. The van der Waals surface area contributed by atoms with Crippen LogP contribution in [-0.4, -0.2) is 5.78 Å². The van der Waals surface area contributed by atoms with Crippen LogP contribution in [0, 0.1) is 11.5 Å². The number of ketones is 1. The van der Waals surface area contributed by atoms with Gasteiger partial charge in [0, 0.05) is 5.56 Å². The van der Waals surface area contributed by atoms with E-state index in [0.29, 0.717) is 5.56 Å². The zero-order valence-electron chi connectivity index (χ0n) is 7.36. The molecule has 0 bridgehead atoms. The molecule has 1 aromatic rings. The lowest BCUT2D eigenvalue weighted by Gasteiger charge is -2.02. The molecule has 0 unspecified atom stereocenters. The third-order valence-electron chi connectivity index (χ3n) is 1.64. The summed E-state index contributed by atoms with van der Waals surface area (Å²) in [7, 11) is 0. The van der Waals surface area contributed by atoms with Crippen molar-refractivity contribution in [2.24, 2.45) is 0 Å². The van der Waals surface area contributed by atoms with Gasteiger partial charge in [0.05, 0.1) is 5.69 Å². The molecule has 4 heteroatoms. The van der Waals surface area contributed by atoms with Gasteiger partial charge in [0.15, 0.2) is 11.5 Å². The van der Waals surface area contributed by atoms with Crippen molar-refractivity contribution in [2.75, 3.05) is 5.73 Å². The van der Waals surface area contributed by atoms with E-state index >= 15 is 0 Å². The highest BCUT2D eigenvalue weighted by Crippen LogP contribution is 2.22. The Morgan fingerprint density at radius 3 is 2.86 bits per heavy atom. The predicted molar refractivity (Wildman–Crippen MR) is 51.6 cm³/mol. The van der Waals surface area contributed by atoms with Crippen LogP contribution in [0.2, 0.25) is 0 Å². The number of nitrogen functional groups attached to an aromatic ring is 1. The highest BCUT2D eigenvalue weighted by atomic mass is 16.5. The first-order valence-electron chi connectivity index (χ1n) is 3.81. The molecule has 0 saturated heterocycles. The average Bonchev–Trinajstić information content (AvgIpc) is 2.20. The molecule has 2 N–H and O–H groups in total. The second kappa shape index (κ2) is 4.10. The normalized spacial score (nSPS) is 8.79. The maximum atomic E-state index is 11.2. The van der Waals surface area contributed by atoms with Crippen molar-refractivity contribution in [3.8, 4) is 12.0 Å². The van der Waals surface area contributed by atoms with E-state index in [9.17, 15) is 4.79 Å². The lowest BCUT2D eigenvalue weighted by atomic mass is 10.1. The first kappa shape index (κ1) is 9.81. The molecule has 0 amide bonds. The van der Waals surface area contributed by atoms with E-state index in [4.69, 9.17) is 11.0 Å². The minimum atomic E-state index is -0.222. The van der Waals surface area contributed by atoms with Crippen molar-refractivity contribution in [2.45, 2.75) is 0 Å². The number of benzene rings is 1. The molecule has 14 heavy (non-hydrogen) atoms. The van der Waals surface area contributed by atoms with Crippen molar-refractivity contribution in [1.82, 2.24) is 0 Å². The van der Waals surface area contributed by atoms with Gasteiger partial charge in [-0.15, -0.1) is 5.26 Å². The van der Waals surface area contributed by atoms with Crippen LogP contribution >= 0.6 is 0 Å². The summed E-state index contributed by atoms with van der Waals surface area (Å²) in [5.41, 5.74) is 6.21. The van der Waals surface area contributed by atoms with Gasteiger partial charge in [0.1, 0.15) is 0 Å². The highest BCUT2D eigenvalue weighted by Gasteiger charge is 2.05. The van der Waals surface area contributed by atoms with Gasteiger partial charge in [0.25, 0.3) is 6.26 Å². The van der Waals surface area contributed by atoms with E-state index < -0.39 is 0 Å². The largest absolute Gasteiger partial charge is 0.396 e. The Kier molecular flexibility index (Phi) is 2.87. The van der Waals surface area contributed by atoms with Crippen LogP contribution in [0.15, 0.2) is 30.9 Å². The Morgan fingerprint density at radius 2 is 2.36 bits per heavy atom. The van der Waals surface area contributed by atoms with E-state index in [-0.39, 0.29) is 17.2 Å². The molecule has 1 aromatic carbocycles. The van der Waals surface area contributed by atoms with Crippen molar-refractivity contribution in [1.29, 1.82) is 5.26 Å². The second-order valence-electron chi connectivity index (χ2n) is 2.51. The summed E-state index contributed by atoms with van der Waals surface area (Å²) in [4.78, 5) is 11.2. The smallest absolute Gasteiger partial charge is 0.292 e. The molecule has 0 radical (unpaired) electrons. The Morgan fingerprint density at radius 1 is 1.64 bits per heavy atom. The topological polar surface area (TPSA) is 76.1 Å². The number of ether oxygens (including phenoxy) is 1. The molecule has 0 atom stereocenters. The Bertz CT molecular complexity index is 419. The SMILES string of the molecule is C=CC(=O)c1ccc(OC#N)c(N)c1.